The van der Waals surface area contributed by atoms with Gasteiger partial charge in [0, 0.05) is 25.2 Å². The number of hydrogen-bond acceptors (Lipinski definition) is 3. The molecule has 1 aromatic rings. The molecule has 2 aliphatic rings. The third kappa shape index (κ3) is 4.14. The van der Waals surface area contributed by atoms with Crippen LogP contribution in [0, 0.1) is 0 Å². The molecule has 1 amide bonds. The summed E-state index contributed by atoms with van der Waals surface area (Å²) in [5.74, 6) is 0.990. The van der Waals surface area contributed by atoms with Crippen molar-refractivity contribution < 1.29 is 9.53 Å². The van der Waals surface area contributed by atoms with Gasteiger partial charge < -0.3 is 9.64 Å². The first kappa shape index (κ1) is 16.1. The molecular weight excluding hydrogens is 288 g/mol. The molecule has 0 bridgehead atoms. The van der Waals surface area contributed by atoms with E-state index in [4.69, 9.17) is 4.74 Å². The van der Waals surface area contributed by atoms with Crippen LogP contribution in [0.1, 0.15) is 31.7 Å². The summed E-state index contributed by atoms with van der Waals surface area (Å²) in [5.41, 5.74) is 1.03. The van der Waals surface area contributed by atoms with Crippen molar-refractivity contribution in [3.8, 4) is 5.75 Å². The fraction of sp³-hybridized carbons (Fsp3) is 0.526. The maximum atomic E-state index is 12.3. The van der Waals surface area contributed by atoms with Crippen LogP contribution >= 0.6 is 0 Å². The molecule has 124 valence electrons. The van der Waals surface area contributed by atoms with E-state index >= 15 is 0 Å². The Hall–Kier alpha value is -1.81. The van der Waals surface area contributed by atoms with Gasteiger partial charge in [-0.1, -0.05) is 12.1 Å². The van der Waals surface area contributed by atoms with Crippen LogP contribution in [0.25, 0.3) is 6.08 Å². The Morgan fingerprint density at radius 1 is 1.22 bits per heavy atom. The van der Waals surface area contributed by atoms with Crippen molar-refractivity contribution in [2.24, 2.45) is 0 Å². The van der Waals surface area contributed by atoms with Gasteiger partial charge in [-0.3, -0.25) is 9.69 Å². The molecule has 2 fully saturated rings. The molecule has 4 nitrogen and oxygen atoms in total. The molecule has 3 rings (SSSR count). The topological polar surface area (TPSA) is 32.8 Å². The fourth-order valence-electron chi connectivity index (χ4n) is 3.46. The quantitative estimate of drug-likeness (QED) is 0.784. The molecule has 2 heterocycles. The van der Waals surface area contributed by atoms with E-state index in [1.54, 1.807) is 6.08 Å². The van der Waals surface area contributed by atoms with Crippen molar-refractivity contribution >= 4 is 12.0 Å². The first-order valence-electron chi connectivity index (χ1n) is 8.70. The highest BCUT2D eigenvalue weighted by Crippen LogP contribution is 2.21. The number of ether oxygens (including phenoxy) is 1. The minimum atomic E-state index is 0.126. The van der Waals surface area contributed by atoms with Gasteiger partial charge in [-0.15, -0.1) is 0 Å². The number of amides is 1. The van der Waals surface area contributed by atoms with Gasteiger partial charge in [-0.25, -0.2) is 0 Å². The zero-order chi connectivity index (χ0) is 16.1. The molecule has 0 aromatic heterocycles. The molecule has 1 atom stereocenters. The molecule has 0 saturated carbocycles. The van der Waals surface area contributed by atoms with E-state index in [0.717, 1.165) is 30.8 Å². The second-order valence-electron chi connectivity index (χ2n) is 6.31. The number of carbonyl (C=O) groups excluding carboxylic acids is 1. The Morgan fingerprint density at radius 2 is 1.96 bits per heavy atom. The Balaban J connectivity index is 1.52. The second-order valence-corrected chi connectivity index (χ2v) is 6.31. The minimum Gasteiger partial charge on any atom is -0.494 e. The molecule has 0 N–H and O–H groups in total. The number of carbonyl (C=O) groups is 1. The van der Waals surface area contributed by atoms with Crippen LogP contribution in [0.2, 0.25) is 0 Å². The van der Waals surface area contributed by atoms with E-state index in [9.17, 15) is 4.79 Å². The minimum absolute atomic E-state index is 0.126. The summed E-state index contributed by atoms with van der Waals surface area (Å²) in [6.45, 7) is 6.81. The SMILES string of the molecule is CCOc1ccc(/C=C/C(=O)N2CCC(N3CCCC3)C2)cc1. The molecule has 2 saturated heterocycles. The monoisotopic (exact) mass is 314 g/mol. The van der Waals surface area contributed by atoms with E-state index in [-0.39, 0.29) is 5.91 Å². The van der Waals surface area contributed by atoms with Gasteiger partial charge in [0.2, 0.25) is 5.91 Å². The van der Waals surface area contributed by atoms with Crippen molar-refractivity contribution in [2.75, 3.05) is 32.8 Å². The molecule has 2 aliphatic heterocycles. The summed E-state index contributed by atoms with van der Waals surface area (Å²) in [7, 11) is 0. The second kappa shape index (κ2) is 7.64. The van der Waals surface area contributed by atoms with Crippen LogP contribution in [-0.4, -0.2) is 54.5 Å². The number of hydrogen-bond donors (Lipinski definition) is 0. The lowest BCUT2D eigenvalue weighted by molar-refractivity contribution is -0.125. The lowest BCUT2D eigenvalue weighted by atomic mass is 10.2. The lowest BCUT2D eigenvalue weighted by Crippen LogP contribution is -2.36. The van der Waals surface area contributed by atoms with Crippen LogP contribution in [-0.2, 0) is 4.79 Å². The van der Waals surface area contributed by atoms with Crippen LogP contribution in [0.4, 0.5) is 0 Å². The predicted molar refractivity (Wildman–Crippen MR) is 92.4 cm³/mol. The summed E-state index contributed by atoms with van der Waals surface area (Å²) in [6, 6.07) is 8.40. The summed E-state index contributed by atoms with van der Waals surface area (Å²) >= 11 is 0. The van der Waals surface area contributed by atoms with Crippen molar-refractivity contribution in [1.82, 2.24) is 9.80 Å². The van der Waals surface area contributed by atoms with Gasteiger partial charge in [0.15, 0.2) is 0 Å². The normalized spacial score (nSPS) is 22.1. The molecule has 4 heteroatoms. The van der Waals surface area contributed by atoms with Gasteiger partial charge in [0.1, 0.15) is 5.75 Å². The van der Waals surface area contributed by atoms with Crippen molar-refractivity contribution in [3.63, 3.8) is 0 Å². The van der Waals surface area contributed by atoms with Crippen LogP contribution in [0.3, 0.4) is 0 Å². The standard InChI is InChI=1S/C19H26N2O2/c1-2-23-18-8-5-16(6-9-18)7-10-19(22)21-14-11-17(15-21)20-12-3-4-13-20/h5-10,17H,2-4,11-15H2,1H3/b10-7+. The van der Waals surface area contributed by atoms with Gasteiger partial charge >= 0.3 is 0 Å². The summed E-state index contributed by atoms with van der Waals surface area (Å²) in [4.78, 5) is 16.9. The van der Waals surface area contributed by atoms with Crippen molar-refractivity contribution in [3.05, 3.63) is 35.9 Å². The van der Waals surface area contributed by atoms with Gasteiger partial charge in [-0.05, 0) is 63.0 Å². The zero-order valence-corrected chi connectivity index (χ0v) is 13.9. The van der Waals surface area contributed by atoms with E-state index < -0.39 is 0 Å². The number of benzene rings is 1. The van der Waals surface area contributed by atoms with E-state index in [0.29, 0.717) is 12.6 Å². The molecule has 1 unspecified atom stereocenters. The first-order valence-corrected chi connectivity index (χ1v) is 8.70. The number of nitrogens with zero attached hydrogens (tertiary/aromatic N) is 2. The Labute approximate surface area is 138 Å². The third-order valence-electron chi connectivity index (χ3n) is 4.74. The lowest BCUT2D eigenvalue weighted by Gasteiger charge is -2.23. The summed E-state index contributed by atoms with van der Waals surface area (Å²) < 4.78 is 5.42. The van der Waals surface area contributed by atoms with E-state index in [2.05, 4.69) is 4.90 Å². The highest BCUT2D eigenvalue weighted by atomic mass is 16.5. The zero-order valence-electron chi connectivity index (χ0n) is 13.9. The van der Waals surface area contributed by atoms with E-state index in [1.807, 2.05) is 42.2 Å². The van der Waals surface area contributed by atoms with Gasteiger partial charge in [0.25, 0.3) is 0 Å². The van der Waals surface area contributed by atoms with Crippen LogP contribution in [0.15, 0.2) is 30.3 Å². The predicted octanol–water partition coefficient (Wildman–Crippen LogP) is 2.80. The maximum absolute atomic E-state index is 12.3. The van der Waals surface area contributed by atoms with Gasteiger partial charge in [-0.2, -0.15) is 0 Å². The highest BCUT2D eigenvalue weighted by molar-refractivity contribution is 5.92. The molecule has 1 aromatic carbocycles. The van der Waals surface area contributed by atoms with Crippen LogP contribution < -0.4 is 4.74 Å². The van der Waals surface area contributed by atoms with Crippen molar-refractivity contribution in [1.29, 1.82) is 0 Å². The number of rotatable bonds is 5. The molecule has 0 aliphatic carbocycles. The first-order chi connectivity index (χ1) is 11.3. The summed E-state index contributed by atoms with van der Waals surface area (Å²) in [6.07, 6.45) is 7.32. The smallest absolute Gasteiger partial charge is 0.246 e. The Bertz CT molecular complexity index is 547. The molecule has 23 heavy (non-hydrogen) atoms. The third-order valence-corrected chi connectivity index (χ3v) is 4.74. The molecular formula is C19H26N2O2. The highest BCUT2D eigenvalue weighted by Gasteiger charge is 2.30. The number of likely N-dealkylation sites (tertiary alicyclic amines) is 2. The average molecular weight is 314 g/mol. The van der Waals surface area contributed by atoms with Crippen molar-refractivity contribution in [2.45, 2.75) is 32.2 Å². The Morgan fingerprint density at radius 3 is 2.65 bits per heavy atom. The fourth-order valence-corrected chi connectivity index (χ4v) is 3.46. The van der Waals surface area contributed by atoms with Gasteiger partial charge in [0.05, 0.1) is 6.61 Å². The van der Waals surface area contributed by atoms with E-state index in [1.165, 1.54) is 25.9 Å². The Kier molecular flexibility index (Phi) is 5.34. The largest absolute Gasteiger partial charge is 0.494 e. The molecule has 0 radical (unpaired) electrons. The molecule has 0 spiro atoms. The maximum Gasteiger partial charge on any atom is 0.246 e. The van der Waals surface area contributed by atoms with Crippen LogP contribution in [0.5, 0.6) is 5.75 Å². The average Bonchev–Trinajstić information content (AvgIpc) is 3.25. The summed E-state index contributed by atoms with van der Waals surface area (Å²) in [5, 5.41) is 0.